The number of amides is 2. The monoisotopic (exact) mass is 464 g/mol. The van der Waals surface area contributed by atoms with Gasteiger partial charge in [-0.05, 0) is 49.1 Å². The van der Waals surface area contributed by atoms with Crippen molar-refractivity contribution in [3.63, 3.8) is 0 Å². The zero-order valence-electron chi connectivity index (χ0n) is 18.2. The number of nitrogens with one attached hydrogen (secondary N) is 1. The lowest BCUT2D eigenvalue weighted by Gasteiger charge is -2.31. The summed E-state index contributed by atoms with van der Waals surface area (Å²) in [5.41, 5.74) is 1.74. The average Bonchev–Trinajstić information content (AvgIpc) is 2.76. The Morgan fingerprint density at radius 3 is 2.39 bits per heavy atom. The van der Waals surface area contributed by atoms with Gasteiger partial charge in [0.15, 0.2) is 0 Å². The van der Waals surface area contributed by atoms with Crippen molar-refractivity contribution in [2.45, 2.75) is 58.0 Å². The summed E-state index contributed by atoms with van der Waals surface area (Å²) in [4.78, 5) is 27.7. The maximum absolute atomic E-state index is 13.3. The van der Waals surface area contributed by atoms with E-state index in [1.807, 2.05) is 45.0 Å². The first-order chi connectivity index (χ1) is 14.8. The van der Waals surface area contributed by atoms with E-state index in [1.54, 1.807) is 17.0 Å². The van der Waals surface area contributed by atoms with Gasteiger partial charge in [0.25, 0.3) is 0 Å². The van der Waals surface area contributed by atoms with Crippen molar-refractivity contribution in [2.24, 2.45) is 0 Å². The van der Waals surface area contributed by atoms with Gasteiger partial charge in [-0.25, -0.2) is 4.39 Å². The van der Waals surface area contributed by atoms with Gasteiger partial charge in [0.1, 0.15) is 11.9 Å². The number of rotatable bonds is 11. The number of nitrogens with zero attached hydrogens (tertiary/aromatic N) is 1. The smallest absolute Gasteiger partial charge is 0.243 e. The van der Waals surface area contributed by atoms with Crippen LogP contribution in [0.25, 0.3) is 0 Å². The summed E-state index contributed by atoms with van der Waals surface area (Å²) in [5, 5.41) is 3.65. The van der Waals surface area contributed by atoms with E-state index in [-0.39, 0.29) is 36.0 Å². The molecule has 2 rings (SSSR count). The first-order valence-corrected chi connectivity index (χ1v) is 12.0. The number of hydrogen-bond donors (Lipinski definition) is 1. The summed E-state index contributed by atoms with van der Waals surface area (Å²) in [6.07, 6.45) is 1.30. The summed E-state index contributed by atoms with van der Waals surface area (Å²) >= 11 is 7.67. The van der Waals surface area contributed by atoms with E-state index in [9.17, 15) is 14.0 Å². The molecule has 4 nitrogen and oxygen atoms in total. The Morgan fingerprint density at radius 2 is 1.77 bits per heavy atom. The standard InChI is InChI=1S/C24H30ClFN2O2S/c1-4-17(3)27-24(30)22(5-2)28(14-18-10-12-20(26)13-11-18)23(29)16-31-15-19-8-6-7-9-21(19)25/h6-13,17,22H,4-5,14-16H2,1-3H3,(H,27,30)/t17-,22-/m1/s1. The summed E-state index contributed by atoms with van der Waals surface area (Å²) in [6, 6.07) is 13.0. The summed E-state index contributed by atoms with van der Waals surface area (Å²) in [7, 11) is 0. The maximum Gasteiger partial charge on any atom is 0.243 e. The Labute approximate surface area is 193 Å². The van der Waals surface area contributed by atoms with Gasteiger partial charge in [0.2, 0.25) is 11.8 Å². The first kappa shape index (κ1) is 25.2. The average molecular weight is 465 g/mol. The minimum Gasteiger partial charge on any atom is -0.352 e. The third kappa shape index (κ3) is 7.86. The highest BCUT2D eigenvalue weighted by Crippen LogP contribution is 2.22. The topological polar surface area (TPSA) is 49.4 Å². The van der Waals surface area contributed by atoms with Crippen LogP contribution in [0.4, 0.5) is 4.39 Å². The van der Waals surface area contributed by atoms with E-state index in [0.717, 1.165) is 17.5 Å². The van der Waals surface area contributed by atoms with Crippen LogP contribution in [-0.4, -0.2) is 34.6 Å². The molecule has 2 aromatic rings. The number of thioether (sulfide) groups is 1. The Kier molecular flexibility index (Phi) is 10.3. The van der Waals surface area contributed by atoms with Crippen LogP contribution >= 0.6 is 23.4 Å². The molecular weight excluding hydrogens is 435 g/mol. The molecule has 1 N–H and O–H groups in total. The summed E-state index contributed by atoms with van der Waals surface area (Å²) in [5.74, 6) is 0.194. The second kappa shape index (κ2) is 12.7. The number of halogens is 2. The van der Waals surface area contributed by atoms with Crippen molar-refractivity contribution < 1.29 is 14.0 Å². The van der Waals surface area contributed by atoms with Gasteiger partial charge in [0, 0.05) is 23.4 Å². The molecule has 0 unspecified atom stereocenters. The molecule has 0 aromatic heterocycles. The van der Waals surface area contributed by atoms with Crippen molar-refractivity contribution in [1.82, 2.24) is 10.2 Å². The quantitative estimate of drug-likeness (QED) is 0.482. The largest absolute Gasteiger partial charge is 0.352 e. The van der Waals surface area contributed by atoms with Gasteiger partial charge in [-0.2, -0.15) is 0 Å². The normalized spacial score (nSPS) is 12.8. The van der Waals surface area contributed by atoms with E-state index < -0.39 is 6.04 Å². The molecule has 2 atom stereocenters. The van der Waals surface area contributed by atoms with E-state index >= 15 is 0 Å². The van der Waals surface area contributed by atoms with Crippen LogP contribution in [0.3, 0.4) is 0 Å². The lowest BCUT2D eigenvalue weighted by molar-refractivity contribution is -0.139. The highest BCUT2D eigenvalue weighted by Gasteiger charge is 2.29. The molecule has 168 valence electrons. The van der Waals surface area contributed by atoms with Crippen LogP contribution in [-0.2, 0) is 21.9 Å². The molecule has 0 aliphatic heterocycles. The Hall–Kier alpha value is -2.05. The number of benzene rings is 2. The van der Waals surface area contributed by atoms with Gasteiger partial charge < -0.3 is 10.2 Å². The molecule has 2 amide bonds. The second-order valence-electron chi connectivity index (χ2n) is 7.47. The maximum atomic E-state index is 13.3. The predicted molar refractivity (Wildman–Crippen MR) is 127 cm³/mol. The molecule has 0 saturated carbocycles. The Morgan fingerprint density at radius 1 is 1.10 bits per heavy atom. The molecule has 0 bridgehead atoms. The first-order valence-electron chi connectivity index (χ1n) is 10.5. The third-order valence-electron chi connectivity index (χ3n) is 5.09. The highest BCUT2D eigenvalue weighted by atomic mass is 35.5. The van der Waals surface area contributed by atoms with Gasteiger partial charge in [-0.3, -0.25) is 9.59 Å². The molecule has 0 heterocycles. The lowest BCUT2D eigenvalue weighted by Crippen LogP contribution is -2.51. The minimum atomic E-state index is -0.590. The van der Waals surface area contributed by atoms with Crippen LogP contribution in [0, 0.1) is 5.82 Å². The van der Waals surface area contributed by atoms with Crippen LogP contribution < -0.4 is 5.32 Å². The molecule has 0 radical (unpaired) electrons. The molecule has 0 aliphatic carbocycles. The predicted octanol–water partition coefficient (Wildman–Crippen LogP) is 5.43. The fourth-order valence-electron chi connectivity index (χ4n) is 3.09. The van der Waals surface area contributed by atoms with Crippen molar-refractivity contribution in [1.29, 1.82) is 0 Å². The van der Waals surface area contributed by atoms with E-state index in [2.05, 4.69) is 5.32 Å². The van der Waals surface area contributed by atoms with Gasteiger partial charge in [-0.15, -0.1) is 11.8 Å². The Bertz CT molecular complexity index is 863. The van der Waals surface area contributed by atoms with Gasteiger partial charge in [0.05, 0.1) is 5.75 Å². The van der Waals surface area contributed by atoms with Crippen molar-refractivity contribution in [3.8, 4) is 0 Å². The van der Waals surface area contributed by atoms with Crippen LogP contribution in [0.1, 0.15) is 44.7 Å². The van der Waals surface area contributed by atoms with Crippen molar-refractivity contribution in [2.75, 3.05) is 5.75 Å². The molecule has 7 heteroatoms. The van der Waals surface area contributed by atoms with Gasteiger partial charge >= 0.3 is 0 Å². The molecule has 0 aliphatic rings. The number of carbonyl (C=O) groups is 2. The number of carbonyl (C=O) groups excluding carboxylic acids is 2. The van der Waals surface area contributed by atoms with Crippen LogP contribution in [0.15, 0.2) is 48.5 Å². The molecule has 2 aromatic carbocycles. The van der Waals surface area contributed by atoms with E-state index in [4.69, 9.17) is 11.6 Å². The Balaban J connectivity index is 2.14. The fraction of sp³-hybridized carbons (Fsp3) is 0.417. The minimum absolute atomic E-state index is 0.0268. The summed E-state index contributed by atoms with van der Waals surface area (Å²) in [6.45, 7) is 6.08. The zero-order valence-corrected chi connectivity index (χ0v) is 19.8. The lowest BCUT2D eigenvalue weighted by atomic mass is 10.1. The van der Waals surface area contributed by atoms with Crippen LogP contribution in [0.2, 0.25) is 5.02 Å². The molecule has 31 heavy (non-hydrogen) atoms. The number of hydrogen-bond acceptors (Lipinski definition) is 3. The SMILES string of the molecule is CC[C@@H](C)NC(=O)[C@@H](CC)N(Cc1ccc(F)cc1)C(=O)CSCc1ccccc1Cl. The zero-order chi connectivity index (χ0) is 22.8. The molecule has 0 fully saturated rings. The van der Waals surface area contributed by atoms with E-state index in [1.165, 1.54) is 23.9 Å². The highest BCUT2D eigenvalue weighted by molar-refractivity contribution is 7.99. The third-order valence-corrected chi connectivity index (χ3v) is 6.43. The van der Waals surface area contributed by atoms with Crippen molar-refractivity contribution in [3.05, 3.63) is 70.5 Å². The van der Waals surface area contributed by atoms with E-state index in [0.29, 0.717) is 17.2 Å². The molecule has 0 spiro atoms. The molecule has 0 saturated heterocycles. The fourth-order valence-corrected chi connectivity index (χ4v) is 4.29. The summed E-state index contributed by atoms with van der Waals surface area (Å²) < 4.78 is 13.3. The molecular formula is C24H30ClFN2O2S. The van der Waals surface area contributed by atoms with Crippen LogP contribution in [0.5, 0.6) is 0 Å². The van der Waals surface area contributed by atoms with Crippen molar-refractivity contribution >= 4 is 35.2 Å². The van der Waals surface area contributed by atoms with Gasteiger partial charge in [-0.1, -0.05) is 55.8 Å². The second-order valence-corrected chi connectivity index (χ2v) is 8.87.